The van der Waals surface area contributed by atoms with Gasteiger partial charge in [0.25, 0.3) is 0 Å². The lowest BCUT2D eigenvalue weighted by Gasteiger charge is -2.08. The standard InChI is InChI=1S/C15H12F3N5O/c1-9(24)21-13-5-12-10(7-19-13)8-20-23(12)14-4-2-3-11(22-14)6-15(16,17)18/h2-5,7-8H,6H2,1H3,(H,19,21,24). The van der Waals surface area contributed by atoms with Crippen LogP contribution in [0.25, 0.3) is 16.7 Å². The Morgan fingerprint density at radius 2 is 2.08 bits per heavy atom. The van der Waals surface area contributed by atoms with Crippen molar-refractivity contribution >= 4 is 22.6 Å². The summed E-state index contributed by atoms with van der Waals surface area (Å²) in [5.41, 5.74) is 0.477. The molecule has 0 unspecified atom stereocenters. The third-order valence-corrected chi connectivity index (χ3v) is 3.15. The number of pyridine rings is 2. The number of fused-ring (bicyclic) bond motifs is 1. The number of hydrogen-bond acceptors (Lipinski definition) is 4. The molecule has 0 aliphatic carbocycles. The highest BCUT2D eigenvalue weighted by molar-refractivity contribution is 5.90. The van der Waals surface area contributed by atoms with E-state index in [1.54, 1.807) is 12.1 Å². The molecular formula is C15H12F3N5O. The summed E-state index contributed by atoms with van der Waals surface area (Å²) in [6, 6.07) is 5.95. The monoisotopic (exact) mass is 335 g/mol. The van der Waals surface area contributed by atoms with Gasteiger partial charge in [-0.05, 0) is 12.1 Å². The summed E-state index contributed by atoms with van der Waals surface area (Å²) >= 11 is 0. The van der Waals surface area contributed by atoms with E-state index in [4.69, 9.17) is 0 Å². The molecule has 0 aromatic carbocycles. The highest BCUT2D eigenvalue weighted by Gasteiger charge is 2.28. The van der Waals surface area contributed by atoms with Crippen molar-refractivity contribution in [1.82, 2.24) is 19.7 Å². The zero-order valence-corrected chi connectivity index (χ0v) is 12.5. The Balaban J connectivity index is 2.02. The largest absolute Gasteiger partial charge is 0.394 e. The van der Waals surface area contributed by atoms with Crippen LogP contribution in [-0.2, 0) is 11.2 Å². The molecule has 3 rings (SSSR count). The molecule has 0 aliphatic heterocycles. The molecule has 0 aliphatic rings. The number of rotatable bonds is 3. The summed E-state index contributed by atoms with van der Waals surface area (Å²) in [5.74, 6) is 0.299. The van der Waals surface area contributed by atoms with E-state index in [-0.39, 0.29) is 17.4 Å². The van der Waals surface area contributed by atoms with E-state index < -0.39 is 12.6 Å². The van der Waals surface area contributed by atoms with E-state index in [0.717, 1.165) is 0 Å². The van der Waals surface area contributed by atoms with Crippen molar-refractivity contribution in [2.45, 2.75) is 19.5 Å². The van der Waals surface area contributed by atoms with Gasteiger partial charge in [0, 0.05) is 24.6 Å². The first-order chi connectivity index (χ1) is 11.3. The Morgan fingerprint density at radius 3 is 2.79 bits per heavy atom. The van der Waals surface area contributed by atoms with Gasteiger partial charge in [-0.25, -0.2) is 14.6 Å². The Hall–Kier alpha value is -2.97. The number of halogens is 3. The maximum atomic E-state index is 12.5. The van der Waals surface area contributed by atoms with E-state index in [1.165, 1.54) is 36.1 Å². The molecule has 0 atom stereocenters. The Bertz CT molecular complexity index is 904. The van der Waals surface area contributed by atoms with Crippen LogP contribution in [0.15, 0.2) is 36.7 Å². The molecule has 0 bridgehead atoms. The van der Waals surface area contributed by atoms with Gasteiger partial charge in [0.2, 0.25) is 5.91 Å². The quantitative estimate of drug-likeness (QED) is 0.799. The van der Waals surface area contributed by atoms with Crippen molar-refractivity contribution in [3.05, 3.63) is 42.4 Å². The second-order valence-corrected chi connectivity index (χ2v) is 5.14. The van der Waals surface area contributed by atoms with Crippen molar-refractivity contribution in [2.75, 3.05) is 5.32 Å². The second kappa shape index (κ2) is 5.91. The highest BCUT2D eigenvalue weighted by atomic mass is 19.4. The van der Waals surface area contributed by atoms with Gasteiger partial charge in [0.15, 0.2) is 5.82 Å². The molecule has 0 saturated carbocycles. The summed E-state index contributed by atoms with van der Waals surface area (Å²) < 4.78 is 39.0. The molecule has 3 heterocycles. The molecule has 0 radical (unpaired) electrons. The zero-order valence-electron chi connectivity index (χ0n) is 12.5. The highest BCUT2D eigenvalue weighted by Crippen LogP contribution is 2.22. The first kappa shape index (κ1) is 15.9. The predicted molar refractivity (Wildman–Crippen MR) is 80.7 cm³/mol. The first-order valence-corrected chi connectivity index (χ1v) is 6.96. The smallest absolute Gasteiger partial charge is 0.311 e. The molecule has 0 fully saturated rings. The zero-order chi connectivity index (χ0) is 17.3. The molecule has 6 nitrogen and oxygen atoms in total. The number of carbonyl (C=O) groups is 1. The van der Waals surface area contributed by atoms with Gasteiger partial charge in [-0.2, -0.15) is 18.3 Å². The summed E-state index contributed by atoms with van der Waals surface area (Å²) in [4.78, 5) is 19.2. The number of nitrogens with zero attached hydrogens (tertiary/aromatic N) is 4. The van der Waals surface area contributed by atoms with Crippen LogP contribution >= 0.6 is 0 Å². The molecule has 3 aromatic heterocycles. The van der Waals surface area contributed by atoms with Crippen LogP contribution in [0.3, 0.4) is 0 Å². The third-order valence-electron chi connectivity index (χ3n) is 3.15. The molecule has 1 N–H and O–H groups in total. The summed E-state index contributed by atoms with van der Waals surface area (Å²) in [6.07, 6.45) is -2.40. The minimum absolute atomic E-state index is 0.0974. The molecule has 9 heteroatoms. The summed E-state index contributed by atoms with van der Waals surface area (Å²) in [6.45, 7) is 1.35. The molecular weight excluding hydrogens is 323 g/mol. The predicted octanol–water partition coefficient (Wildman–Crippen LogP) is 2.88. The molecule has 124 valence electrons. The number of carbonyl (C=O) groups excluding carboxylic acids is 1. The van der Waals surface area contributed by atoms with Crippen molar-refractivity contribution in [2.24, 2.45) is 0 Å². The number of hydrogen-bond donors (Lipinski definition) is 1. The lowest BCUT2D eigenvalue weighted by atomic mass is 10.2. The minimum atomic E-state index is -4.33. The minimum Gasteiger partial charge on any atom is -0.311 e. The average molecular weight is 335 g/mol. The Labute approximate surface area is 134 Å². The summed E-state index contributed by atoms with van der Waals surface area (Å²) in [5, 5.41) is 7.36. The molecule has 1 amide bonds. The lowest BCUT2D eigenvalue weighted by Crippen LogP contribution is -2.13. The van der Waals surface area contributed by atoms with Crippen LogP contribution in [0, 0.1) is 0 Å². The van der Waals surface area contributed by atoms with Crippen LogP contribution in [-0.4, -0.2) is 31.8 Å². The van der Waals surface area contributed by atoms with Crippen LogP contribution in [0.1, 0.15) is 12.6 Å². The first-order valence-electron chi connectivity index (χ1n) is 6.96. The molecule has 3 aromatic rings. The van der Waals surface area contributed by atoms with Crippen LogP contribution in [0.4, 0.5) is 19.0 Å². The maximum absolute atomic E-state index is 12.5. The number of nitrogens with one attached hydrogen (secondary N) is 1. The molecule has 0 saturated heterocycles. The number of amides is 1. The van der Waals surface area contributed by atoms with Crippen LogP contribution in [0.5, 0.6) is 0 Å². The van der Waals surface area contributed by atoms with E-state index in [2.05, 4.69) is 20.4 Å². The van der Waals surface area contributed by atoms with Gasteiger partial charge in [0.1, 0.15) is 5.82 Å². The summed E-state index contributed by atoms with van der Waals surface area (Å²) in [7, 11) is 0. The van der Waals surface area contributed by atoms with Crippen molar-refractivity contribution in [3.8, 4) is 5.82 Å². The van der Waals surface area contributed by atoms with Crippen LogP contribution < -0.4 is 5.32 Å². The van der Waals surface area contributed by atoms with Crippen LogP contribution in [0.2, 0.25) is 0 Å². The topological polar surface area (TPSA) is 72.7 Å². The number of alkyl halides is 3. The van der Waals surface area contributed by atoms with Gasteiger partial charge >= 0.3 is 6.18 Å². The fourth-order valence-corrected chi connectivity index (χ4v) is 2.24. The number of anilines is 1. The third kappa shape index (κ3) is 3.50. The Kier molecular flexibility index (Phi) is 3.92. The van der Waals surface area contributed by atoms with E-state index in [9.17, 15) is 18.0 Å². The Morgan fingerprint density at radius 1 is 1.29 bits per heavy atom. The van der Waals surface area contributed by atoms with Gasteiger partial charge in [-0.15, -0.1) is 0 Å². The second-order valence-electron chi connectivity index (χ2n) is 5.14. The van der Waals surface area contributed by atoms with Gasteiger partial charge in [-0.3, -0.25) is 4.79 Å². The van der Waals surface area contributed by atoms with Gasteiger partial charge in [-0.1, -0.05) is 6.07 Å². The fourth-order valence-electron chi connectivity index (χ4n) is 2.24. The van der Waals surface area contributed by atoms with E-state index >= 15 is 0 Å². The number of aromatic nitrogens is 4. The van der Waals surface area contributed by atoms with E-state index in [0.29, 0.717) is 16.7 Å². The SMILES string of the molecule is CC(=O)Nc1cc2c(cn1)cnn2-c1cccc(CC(F)(F)F)n1. The van der Waals surface area contributed by atoms with E-state index in [1.807, 2.05) is 0 Å². The van der Waals surface area contributed by atoms with Crippen molar-refractivity contribution in [1.29, 1.82) is 0 Å². The lowest BCUT2D eigenvalue weighted by molar-refractivity contribution is -0.127. The fraction of sp³-hybridized carbons (Fsp3) is 0.200. The molecule has 0 spiro atoms. The molecule has 24 heavy (non-hydrogen) atoms. The van der Waals surface area contributed by atoms with Gasteiger partial charge in [0.05, 0.1) is 23.8 Å². The average Bonchev–Trinajstić information content (AvgIpc) is 2.88. The van der Waals surface area contributed by atoms with Crippen molar-refractivity contribution < 1.29 is 18.0 Å². The normalized spacial score (nSPS) is 11.7. The maximum Gasteiger partial charge on any atom is 0.394 e. The van der Waals surface area contributed by atoms with Gasteiger partial charge < -0.3 is 5.32 Å². The van der Waals surface area contributed by atoms with Crippen molar-refractivity contribution in [3.63, 3.8) is 0 Å².